The Morgan fingerprint density at radius 2 is 1.76 bits per heavy atom. The summed E-state index contributed by atoms with van der Waals surface area (Å²) in [5.41, 5.74) is 0.606. The average Bonchev–Trinajstić information content (AvgIpc) is 2.46. The molecule has 0 aliphatic heterocycles. The van der Waals surface area contributed by atoms with E-state index in [1.54, 1.807) is 30.3 Å². The molecule has 1 N–H and O–H groups in total. The smallest absolute Gasteiger partial charge is 0.307 e. The van der Waals surface area contributed by atoms with Gasteiger partial charge < -0.3 is 5.11 Å². The van der Waals surface area contributed by atoms with Crippen LogP contribution in [0.1, 0.15) is 21.5 Å². The summed E-state index contributed by atoms with van der Waals surface area (Å²) in [7, 11) is 0. The molecule has 0 fully saturated rings. The van der Waals surface area contributed by atoms with Gasteiger partial charge in [0, 0.05) is 10.0 Å². The molecule has 0 saturated carbocycles. The molecule has 2 aromatic rings. The van der Waals surface area contributed by atoms with Crippen molar-refractivity contribution in [2.24, 2.45) is 5.18 Å². The lowest BCUT2D eigenvalue weighted by Crippen LogP contribution is -2.05. The number of ketones is 1. The number of carbonyl (C=O) groups excluding carboxylic acids is 1. The van der Waals surface area contributed by atoms with E-state index in [-0.39, 0.29) is 29.0 Å². The van der Waals surface area contributed by atoms with Gasteiger partial charge in [-0.15, -0.1) is 4.91 Å². The van der Waals surface area contributed by atoms with E-state index in [0.717, 1.165) is 4.47 Å². The first-order chi connectivity index (χ1) is 10.0. The normalized spacial score (nSPS) is 10.1. The Morgan fingerprint density at radius 3 is 2.33 bits per heavy atom. The first-order valence-corrected chi connectivity index (χ1v) is 6.79. The van der Waals surface area contributed by atoms with Crippen molar-refractivity contribution >= 4 is 33.4 Å². The minimum Gasteiger partial charge on any atom is -0.481 e. The summed E-state index contributed by atoms with van der Waals surface area (Å²) >= 11 is 3.27. The third-order valence-electron chi connectivity index (χ3n) is 2.90. The molecule has 106 valence electrons. The molecule has 2 aromatic carbocycles. The van der Waals surface area contributed by atoms with Crippen LogP contribution in [0.3, 0.4) is 0 Å². The molecule has 0 saturated heterocycles. The lowest BCUT2D eigenvalue weighted by molar-refractivity contribution is -0.136. The van der Waals surface area contributed by atoms with E-state index in [4.69, 9.17) is 5.11 Å². The standard InChI is InChI=1S/C15H10BrNO4/c16-11-6-4-9(5-7-11)15(20)12-3-1-2-10(8-13(18)19)14(12)17-21/h1-7H,8H2,(H,18,19). The van der Waals surface area contributed by atoms with Crippen molar-refractivity contribution in [1.82, 2.24) is 0 Å². The van der Waals surface area contributed by atoms with Gasteiger partial charge in [0.05, 0.1) is 12.0 Å². The van der Waals surface area contributed by atoms with Gasteiger partial charge in [-0.25, -0.2) is 0 Å². The number of carbonyl (C=O) groups is 2. The van der Waals surface area contributed by atoms with Crippen LogP contribution in [0.2, 0.25) is 0 Å². The van der Waals surface area contributed by atoms with Crippen LogP contribution in [0, 0.1) is 4.91 Å². The molecular weight excluding hydrogens is 338 g/mol. The predicted octanol–water partition coefficient (Wildman–Crippen LogP) is 3.71. The van der Waals surface area contributed by atoms with Crippen LogP contribution < -0.4 is 0 Å². The fourth-order valence-electron chi connectivity index (χ4n) is 1.94. The van der Waals surface area contributed by atoms with Crippen LogP contribution in [0.4, 0.5) is 5.69 Å². The van der Waals surface area contributed by atoms with Crippen molar-refractivity contribution in [2.75, 3.05) is 0 Å². The molecule has 0 heterocycles. The Balaban J connectivity index is 2.48. The molecule has 0 bridgehead atoms. The number of hydrogen-bond acceptors (Lipinski definition) is 4. The largest absolute Gasteiger partial charge is 0.481 e. The Morgan fingerprint density at radius 1 is 1.10 bits per heavy atom. The van der Waals surface area contributed by atoms with E-state index >= 15 is 0 Å². The number of hydrogen-bond donors (Lipinski definition) is 1. The molecule has 0 aliphatic carbocycles. The number of carboxylic acid groups (broad SMARTS) is 1. The third-order valence-corrected chi connectivity index (χ3v) is 3.43. The molecule has 0 atom stereocenters. The zero-order valence-electron chi connectivity index (χ0n) is 10.7. The van der Waals surface area contributed by atoms with Crippen LogP contribution in [-0.4, -0.2) is 16.9 Å². The van der Waals surface area contributed by atoms with Gasteiger partial charge in [0.2, 0.25) is 0 Å². The number of aliphatic carboxylic acids is 1. The van der Waals surface area contributed by atoms with E-state index in [2.05, 4.69) is 21.1 Å². The highest BCUT2D eigenvalue weighted by atomic mass is 79.9. The quantitative estimate of drug-likeness (QED) is 0.660. The van der Waals surface area contributed by atoms with Gasteiger partial charge in [0.15, 0.2) is 5.78 Å². The van der Waals surface area contributed by atoms with Crippen LogP contribution in [0.5, 0.6) is 0 Å². The van der Waals surface area contributed by atoms with E-state index < -0.39 is 5.97 Å². The lowest BCUT2D eigenvalue weighted by atomic mass is 9.98. The minimum absolute atomic E-state index is 0.103. The van der Waals surface area contributed by atoms with Gasteiger partial charge in [-0.1, -0.05) is 28.1 Å². The molecule has 0 amide bonds. The molecule has 0 aromatic heterocycles. The van der Waals surface area contributed by atoms with Gasteiger partial charge in [-0.2, -0.15) is 0 Å². The van der Waals surface area contributed by atoms with Gasteiger partial charge >= 0.3 is 5.97 Å². The monoisotopic (exact) mass is 347 g/mol. The van der Waals surface area contributed by atoms with Crippen LogP contribution in [0.25, 0.3) is 0 Å². The lowest BCUT2D eigenvalue weighted by Gasteiger charge is -2.07. The molecule has 0 radical (unpaired) electrons. The molecule has 0 aliphatic rings. The van der Waals surface area contributed by atoms with Crippen molar-refractivity contribution in [3.8, 4) is 0 Å². The Labute approximate surface area is 128 Å². The number of rotatable bonds is 5. The number of nitrogens with zero attached hydrogens (tertiary/aromatic N) is 1. The highest BCUT2D eigenvalue weighted by molar-refractivity contribution is 9.10. The minimum atomic E-state index is -1.09. The third kappa shape index (κ3) is 3.41. The van der Waals surface area contributed by atoms with Crippen molar-refractivity contribution in [1.29, 1.82) is 0 Å². The fourth-order valence-corrected chi connectivity index (χ4v) is 2.21. The second-order valence-corrected chi connectivity index (χ2v) is 5.23. The Bertz CT molecular complexity index is 710. The van der Waals surface area contributed by atoms with Crippen LogP contribution in [0.15, 0.2) is 52.1 Å². The van der Waals surface area contributed by atoms with Crippen LogP contribution in [-0.2, 0) is 11.2 Å². The van der Waals surface area contributed by atoms with Crippen LogP contribution >= 0.6 is 15.9 Å². The number of benzene rings is 2. The maximum Gasteiger partial charge on any atom is 0.307 e. The van der Waals surface area contributed by atoms with Gasteiger partial charge in [-0.05, 0) is 41.1 Å². The van der Waals surface area contributed by atoms with Gasteiger partial charge in [-0.3, -0.25) is 9.59 Å². The Hall–Kier alpha value is -2.34. The number of nitroso groups, excluding NO2 is 1. The molecule has 5 nitrogen and oxygen atoms in total. The van der Waals surface area contributed by atoms with Crippen molar-refractivity contribution in [3.63, 3.8) is 0 Å². The highest BCUT2D eigenvalue weighted by Crippen LogP contribution is 2.27. The van der Waals surface area contributed by atoms with E-state index in [1.807, 2.05) is 0 Å². The van der Waals surface area contributed by atoms with Gasteiger partial charge in [0.1, 0.15) is 5.69 Å². The van der Waals surface area contributed by atoms with E-state index in [9.17, 15) is 14.5 Å². The SMILES string of the molecule is O=Nc1c(CC(=O)O)cccc1C(=O)c1ccc(Br)cc1. The summed E-state index contributed by atoms with van der Waals surface area (Å²) in [6.07, 6.45) is -0.359. The Kier molecular flexibility index (Phi) is 4.59. The topological polar surface area (TPSA) is 83.8 Å². The summed E-state index contributed by atoms with van der Waals surface area (Å²) in [5.74, 6) is -1.46. The summed E-state index contributed by atoms with van der Waals surface area (Å²) < 4.78 is 0.826. The molecule has 6 heteroatoms. The first-order valence-electron chi connectivity index (χ1n) is 6.00. The summed E-state index contributed by atoms with van der Waals surface area (Å²) in [5, 5.41) is 11.7. The second-order valence-electron chi connectivity index (χ2n) is 4.31. The van der Waals surface area contributed by atoms with Crippen molar-refractivity contribution < 1.29 is 14.7 Å². The maximum atomic E-state index is 12.4. The average molecular weight is 348 g/mol. The van der Waals surface area contributed by atoms with Crippen molar-refractivity contribution in [2.45, 2.75) is 6.42 Å². The number of halogens is 1. The molecule has 0 spiro atoms. The molecular formula is C15H10BrNO4. The molecule has 21 heavy (non-hydrogen) atoms. The molecule has 2 rings (SSSR count). The van der Waals surface area contributed by atoms with Crippen molar-refractivity contribution in [3.05, 3.63) is 68.5 Å². The van der Waals surface area contributed by atoms with Gasteiger partial charge in [0.25, 0.3) is 0 Å². The zero-order valence-corrected chi connectivity index (χ0v) is 12.3. The maximum absolute atomic E-state index is 12.4. The predicted molar refractivity (Wildman–Crippen MR) is 80.8 cm³/mol. The fraction of sp³-hybridized carbons (Fsp3) is 0.0667. The van der Waals surface area contributed by atoms with E-state index in [0.29, 0.717) is 5.56 Å². The molecule has 0 unspecified atom stereocenters. The zero-order chi connectivity index (χ0) is 15.4. The summed E-state index contributed by atoms with van der Waals surface area (Å²) in [6.45, 7) is 0. The number of carboxylic acids is 1. The van der Waals surface area contributed by atoms with E-state index in [1.165, 1.54) is 12.1 Å². The highest BCUT2D eigenvalue weighted by Gasteiger charge is 2.18. The summed E-state index contributed by atoms with van der Waals surface area (Å²) in [4.78, 5) is 34.2. The second kappa shape index (κ2) is 6.41. The first kappa shape index (κ1) is 15.1. The summed E-state index contributed by atoms with van der Waals surface area (Å²) in [6, 6.07) is 11.1.